The number of aryl methyl sites for hydroxylation is 1. The molecule has 1 aromatic rings. The zero-order chi connectivity index (χ0) is 14.0. The summed E-state index contributed by atoms with van der Waals surface area (Å²) in [6, 6.07) is 0.509. The fraction of sp³-hybridized carbons (Fsp3) is 0.462. The molecule has 0 spiro atoms. The Hall–Kier alpha value is -2.11. The Morgan fingerprint density at radius 1 is 1.42 bits per heavy atom. The summed E-state index contributed by atoms with van der Waals surface area (Å²) >= 11 is 0. The van der Waals surface area contributed by atoms with Gasteiger partial charge in [0.2, 0.25) is 0 Å². The number of pyridine rings is 1. The number of carbonyl (C=O) groups is 2. The van der Waals surface area contributed by atoms with Crippen molar-refractivity contribution in [3.8, 4) is 0 Å². The summed E-state index contributed by atoms with van der Waals surface area (Å²) in [7, 11) is 0. The van der Waals surface area contributed by atoms with Crippen molar-refractivity contribution in [2.24, 2.45) is 0 Å². The van der Waals surface area contributed by atoms with Gasteiger partial charge in [0.1, 0.15) is 11.6 Å². The Labute approximate surface area is 110 Å². The van der Waals surface area contributed by atoms with Crippen LogP contribution in [0.15, 0.2) is 17.1 Å². The van der Waals surface area contributed by atoms with Crippen molar-refractivity contribution < 1.29 is 14.7 Å². The summed E-state index contributed by atoms with van der Waals surface area (Å²) in [6.45, 7) is 2.10. The number of aliphatic carboxylic acids is 1. The fourth-order valence-corrected chi connectivity index (χ4v) is 2.33. The standard InChI is InChI=1S/C13H16N2O4/c1-8-6-11(16)9(7-14-8)12(17)15-5-3-2-4-10(15)13(18)19/h6-7,10H,2-5H2,1H3,(H,14,16)(H,18,19). The number of piperidine rings is 1. The first-order chi connectivity index (χ1) is 9.00. The predicted octanol–water partition coefficient (Wildman–Crippen LogP) is 0.763. The molecule has 1 fully saturated rings. The molecule has 1 amide bonds. The minimum Gasteiger partial charge on any atom is -0.480 e. The van der Waals surface area contributed by atoms with Gasteiger partial charge in [-0.1, -0.05) is 0 Å². The molecule has 0 aliphatic carbocycles. The van der Waals surface area contributed by atoms with E-state index in [4.69, 9.17) is 5.11 Å². The first kappa shape index (κ1) is 13.3. The lowest BCUT2D eigenvalue weighted by atomic mass is 10.0. The van der Waals surface area contributed by atoms with Crippen LogP contribution in [0.25, 0.3) is 0 Å². The molecule has 1 unspecified atom stereocenters. The van der Waals surface area contributed by atoms with E-state index in [2.05, 4.69) is 4.98 Å². The van der Waals surface area contributed by atoms with Crippen molar-refractivity contribution in [2.75, 3.05) is 6.54 Å². The van der Waals surface area contributed by atoms with Crippen LogP contribution in [0.2, 0.25) is 0 Å². The van der Waals surface area contributed by atoms with E-state index in [1.807, 2.05) is 0 Å². The third kappa shape index (κ3) is 2.67. The Morgan fingerprint density at radius 3 is 2.79 bits per heavy atom. The number of nitrogens with one attached hydrogen (secondary N) is 1. The van der Waals surface area contributed by atoms with E-state index in [1.165, 1.54) is 17.2 Å². The number of carboxylic acids is 1. The van der Waals surface area contributed by atoms with Crippen LogP contribution in [0.3, 0.4) is 0 Å². The maximum Gasteiger partial charge on any atom is 0.326 e. The largest absolute Gasteiger partial charge is 0.480 e. The second kappa shape index (κ2) is 5.26. The molecular weight excluding hydrogens is 248 g/mol. The first-order valence-electron chi connectivity index (χ1n) is 6.24. The van der Waals surface area contributed by atoms with E-state index in [9.17, 15) is 14.4 Å². The highest BCUT2D eigenvalue weighted by molar-refractivity contribution is 5.96. The highest BCUT2D eigenvalue weighted by Crippen LogP contribution is 2.19. The number of rotatable bonds is 2. The van der Waals surface area contributed by atoms with Gasteiger partial charge in [0.15, 0.2) is 5.43 Å². The summed E-state index contributed by atoms with van der Waals surface area (Å²) in [5.41, 5.74) is 0.282. The van der Waals surface area contributed by atoms with Gasteiger partial charge in [0.25, 0.3) is 5.91 Å². The van der Waals surface area contributed by atoms with Crippen molar-refractivity contribution in [3.63, 3.8) is 0 Å². The molecule has 0 saturated carbocycles. The lowest BCUT2D eigenvalue weighted by Gasteiger charge is -2.32. The predicted molar refractivity (Wildman–Crippen MR) is 68.1 cm³/mol. The molecule has 1 saturated heterocycles. The molecule has 19 heavy (non-hydrogen) atoms. The molecule has 6 nitrogen and oxygen atoms in total. The van der Waals surface area contributed by atoms with Crippen LogP contribution in [-0.4, -0.2) is 39.5 Å². The second-order valence-corrected chi connectivity index (χ2v) is 4.74. The molecule has 1 aliphatic rings. The summed E-state index contributed by atoms with van der Waals surface area (Å²) in [5, 5.41) is 9.14. The van der Waals surface area contributed by atoms with Gasteiger partial charge in [-0.15, -0.1) is 0 Å². The van der Waals surface area contributed by atoms with E-state index in [-0.39, 0.29) is 11.0 Å². The minimum atomic E-state index is -1.02. The number of aromatic nitrogens is 1. The molecule has 0 aromatic carbocycles. The van der Waals surface area contributed by atoms with Crippen molar-refractivity contribution in [2.45, 2.75) is 32.2 Å². The maximum absolute atomic E-state index is 12.3. The second-order valence-electron chi connectivity index (χ2n) is 4.74. The van der Waals surface area contributed by atoms with Crippen molar-refractivity contribution in [1.82, 2.24) is 9.88 Å². The van der Waals surface area contributed by atoms with E-state index in [0.717, 1.165) is 12.8 Å². The van der Waals surface area contributed by atoms with Crippen LogP contribution >= 0.6 is 0 Å². The van der Waals surface area contributed by atoms with Gasteiger partial charge in [-0.25, -0.2) is 4.79 Å². The van der Waals surface area contributed by atoms with Crippen LogP contribution < -0.4 is 5.43 Å². The van der Waals surface area contributed by atoms with Crippen LogP contribution in [-0.2, 0) is 4.79 Å². The van der Waals surface area contributed by atoms with Gasteiger partial charge in [-0.05, 0) is 26.2 Å². The molecule has 1 atom stereocenters. The smallest absolute Gasteiger partial charge is 0.326 e. The number of H-pyrrole nitrogens is 1. The fourth-order valence-electron chi connectivity index (χ4n) is 2.33. The number of hydrogen-bond acceptors (Lipinski definition) is 3. The van der Waals surface area contributed by atoms with E-state index >= 15 is 0 Å². The van der Waals surface area contributed by atoms with Crippen LogP contribution in [0.1, 0.15) is 35.3 Å². The maximum atomic E-state index is 12.3. The molecule has 2 rings (SSSR count). The quantitative estimate of drug-likeness (QED) is 0.825. The molecule has 6 heteroatoms. The monoisotopic (exact) mass is 264 g/mol. The number of aromatic amines is 1. The zero-order valence-electron chi connectivity index (χ0n) is 10.7. The third-order valence-electron chi connectivity index (χ3n) is 3.34. The molecule has 1 aliphatic heterocycles. The van der Waals surface area contributed by atoms with Crippen molar-refractivity contribution in [3.05, 3.63) is 33.7 Å². The number of hydrogen-bond donors (Lipinski definition) is 2. The average molecular weight is 264 g/mol. The molecule has 0 bridgehead atoms. The summed E-state index contributed by atoms with van der Waals surface area (Å²) < 4.78 is 0. The lowest BCUT2D eigenvalue weighted by molar-refractivity contribution is -0.143. The highest BCUT2D eigenvalue weighted by atomic mass is 16.4. The van der Waals surface area contributed by atoms with Crippen LogP contribution in [0.4, 0.5) is 0 Å². The average Bonchev–Trinajstić information content (AvgIpc) is 2.38. The Balaban J connectivity index is 2.31. The number of carboxylic acid groups (broad SMARTS) is 1. The van der Waals surface area contributed by atoms with E-state index in [0.29, 0.717) is 18.7 Å². The first-order valence-corrected chi connectivity index (χ1v) is 6.24. The third-order valence-corrected chi connectivity index (χ3v) is 3.34. The Morgan fingerprint density at radius 2 is 2.16 bits per heavy atom. The van der Waals surface area contributed by atoms with Crippen LogP contribution in [0, 0.1) is 6.92 Å². The van der Waals surface area contributed by atoms with E-state index < -0.39 is 17.9 Å². The van der Waals surface area contributed by atoms with Gasteiger partial charge in [-0.3, -0.25) is 9.59 Å². The van der Waals surface area contributed by atoms with Gasteiger partial charge >= 0.3 is 5.97 Å². The molecule has 1 aromatic heterocycles. The summed E-state index contributed by atoms with van der Waals surface area (Å²) in [6.07, 6.45) is 3.34. The highest BCUT2D eigenvalue weighted by Gasteiger charge is 2.33. The Bertz CT molecular complexity index is 564. The molecule has 0 radical (unpaired) electrons. The Kier molecular flexibility index (Phi) is 3.69. The molecule has 102 valence electrons. The molecular formula is C13H16N2O4. The van der Waals surface area contributed by atoms with Gasteiger partial charge < -0.3 is 15.0 Å². The number of nitrogens with zero attached hydrogens (tertiary/aromatic N) is 1. The lowest BCUT2D eigenvalue weighted by Crippen LogP contribution is -2.49. The van der Waals surface area contributed by atoms with Gasteiger partial charge in [0.05, 0.1) is 0 Å². The van der Waals surface area contributed by atoms with Gasteiger partial charge in [-0.2, -0.15) is 0 Å². The number of carbonyl (C=O) groups excluding carboxylic acids is 1. The zero-order valence-corrected chi connectivity index (χ0v) is 10.7. The van der Waals surface area contributed by atoms with Crippen molar-refractivity contribution >= 4 is 11.9 Å². The van der Waals surface area contributed by atoms with E-state index in [1.54, 1.807) is 6.92 Å². The molecule has 2 heterocycles. The number of likely N-dealkylation sites (tertiary alicyclic amines) is 1. The topological polar surface area (TPSA) is 90.5 Å². The SMILES string of the molecule is Cc1cc(=O)c(C(=O)N2CCCCC2C(=O)O)c[nH]1. The molecule has 2 N–H and O–H groups in total. The normalized spacial score (nSPS) is 19.2. The summed E-state index contributed by atoms with van der Waals surface area (Å²) in [5.74, 6) is -1.52. The van der Waals surface area contributed by atoms with Gasteiger partial charge in [0, 0.05) is 24.5 Å². The van der Waals surface area contributed by atoms with Crippen LogP contribution in [0.5, 0.6) is 0 Å². The minimum absolute atomic E-state index is 0.00116. The van der Waals surface area contributed by atoms with Crippen molar-refractivity contribution in [1.29, 1.82) is 0 Å². The number of amides is 1. The summed E-state index contributed by atoms with van der Waals surface area (Å²) in [4.78, 5) is 39.3.